The molecule has 0 spiro atoms. The van der Waals surface area contributed by atoms with Crippen LogP contribution in [0.5, 0.6) is 11.5 Å². The number of methoxy groups -OCH3 is 1. The normalized spacial score (nSPS) is 11.5. The van der Waals surface area contributed by atoms with Gasteiger partial charge in [0.15, 0.2) is 6.61 Å². The van der Waals surface area contributed by atoms with E-state index >= 15 is 0 Å². The summed E-state index contributed by atoms with van der Waals surface area (Å²) in [5.74, 6) is 0.890. The van der Waals surface area contributed by atoms with E-state index in [-0.39, 0.29) is 18.4 Å². The lowest BCUT2D eigenvalue weighted by Gasteiger charge is -2.28. The minimum atomic E-state index is -0.623. The molecular weight excluding hydrogens is 356 g/mol. The largest absolute Gasteiger partial charge is 0.497 e. The summed E-state index contributed by atoms with van der Waals surface area (Å²) in [6, 6.07) is 12.6. The monoisotopic (exact) mass is 384 g/mol. The van der Waals surface area contributed by atoms with Crippen LogP contribution < -0.4 is 14.8 Å². The number of rotatable bonds is 8. The smallest absolute Gasteiger partial charge is 0.261 e. The first-order valence-corrected chi connectivity index (χ1v) is 9.19. The molecule has 1 atom stereocenters. The van der Waals surface area contributed by atoms with Crippen LogP contribution in [0, 0.1) is 13.8 Å². The highest BCUT2D eigenvalue weighted by atomic mass is 16.5. The molecule has 0 unspecified atom stereocenters. The summed E-state index contributed by atoms with van der Waals surface area (Å²) in [4.78, 5) is 26.5. The summed E-state index contributed by atoms with van der Waals surface area (Å²) in [7, 11) is 3.16. The highest BCUT2D eigenvalue weighted by Crippen LogP contribution is 2.18. The van der Waals surface area contributed by atoms with Gasteiger partial charge in [0, 0.05) is 13.6 Å². The van der Waals surface area contributed by atoms with Gasteiger partial charge >= 0.3 is 0 Å². The van der Waals surface area contributed by atoms with E-state index in [0.717, 1.165) is 22.4 Å². The topological polar surface area (TPSA) is 67.9 Å². The van der Waals surface area contributed by atoms with E-state index in [1.54, 1.807) is 21.1 Å². The van der Waals surface area contributed by atoms with Crippen LogP contribution >= 0.6 is 0 Å². The van der Waals surface area contributed by atoms with Gasteiger partial charge in [0.1, 0.15) is 17.5 Å². The minimum Gasteiger partial charge on any atom is -0.497 e. The molecule has 0 heterocycles. The summed E-state index contributed by atoms with van der Waals surface area (Å²) in [5.41, 5.74) is 3.03. The van der Waals surface area contributed by atoms with Gasteiger partial charge in [-0.25, -0.2) is 0 Å². The molecule has 6 heteroatoms. The number of carbonyl (C=O) groups is 2. The van der Waals surface area contributed by atoms with Crippen molar-refractivity contribution < 1.29 is 19.1 Å². The third-order valence-corrected chi connectivity index (χ3v) is 4.48. The van der Waals surface area contributed by atoms with Crippen LogP contribution in [0.1, 0.15) is 23.6 Å². The van der Waals surface area contributed by atoms with Crippen LogP contribution in [-0.4, -0.2) is 43.5 Å². The minimum absolute atomic E-state index is 0.139. The Morgan fingerprint density at radius 2 is 1.64 bits per heavy atom. The second-order valence-corrected chi connectivity index (χ2v) is 6.77. The summed E-state index contributed by atoms with van der Waals surface area (Å²) in [5, 5.41) is 2.60. The second kappa shape index (κ2) is 9.78. The molecule has 2 aromatic rings. The lowest BCUT2D eigenvalue weighted by atomic mass is 10.1. The van der Waals surface area contributed by atoms with Gasteiger partial charge in [0.25, 0.3) is 5.91 Å². The Balaban J connectivity index is 2.14. The van der Waals surface area contributed by atoms with Crippen LogP contribution in [0.15, 0.2) is 42.5 Å². The zero-order chi connectivity index (χ0) is 20.7. The van der Waals surface area contributed by atoms with E-state index in [0.29, 0.717) is 12.3 Å². The van der Waals surface area contributed by atoms with Crippen molar-refractivity contribution in [2.75, 3.05) is 20.8 Å². The van der Waals surface area contributed by atoms with E-state index in [9.17, 15) is 9.59 Å². The Morgan fingerprint density at radius 3 is 2.18 bits per heavy atom. The SMILES string of the molecule is CNC(=O)[C@H](C)N(Cc1ccc(OC)cc1)C(=O)COc1cc(C)cc(C)c1. The molecule has 6 nitrogen and oxygen atoms in total. The van der Waals surface area contributed by atoms with Gasteiger partial charge in [-0.2, -0.15) is 0 Å². The highest BCUT2D eigenvalue weighted by Gasteiger charge is 2.25. The third kappa shape index (κ3) is 5.74. The van der Waals surface area contributed by atoms with Gasteiger partial charge in [-0.3, -0.25) is 9.59 Å². The number of nitrogens with one attached hydrogen (secondary N) is 1. The van der Waals surface area contributed by atoms with E-state index in [2.05, 4.69) is 5.32 Å². The molecule has 1 N–H and O–H groups in total. The summed E-state index contributed by atoms with van der Waals surface area (Å²) in [6.45, 7) is 5.82. The molecular formula is C22H28N2O4. The van der Waals surface area contributed by atoms with Crippen molar-refractivity contribution in [1.82, 2.24) is 10.2 Å². The standard InChI is InChI=1S/C22H28N2O4/c1-15-10-16(2)12-20(11-15)28-14-21(25)24(17(3)22(26)23-4)13-18-6-8-19(27-5)9-7-18/h6-12,17H,13-14H2,1-5H3,(H,23,26)/t17-/m0/s1. The molecule has 0 bridgehead atoms. The molecule has 2 amide bonds. The molecule has 0 fully saturated rings. The number of benzene rings is 2. The van der Waals surface area contributed by atoms with Gasteiger partial charge in [0.05, 0.1) is 7.11 Å². The summed E-state index contributed by atoms with van der Waals surface area (Å²) < 4.78 is 10.9. The van der Waals surface area contributed by atoms with Crippen molar-refractivity contribution in [1.29, 1.82) is 0 Å². The Bertz CT molecular complexity index is 798. The number of amides is 2. The third-order valence-electron chi connectivity index (χ3n) is 4.48. The van der Waals surface area contributed by atoms with Crippen molar-refractivity contribution in [2.45, 2.75) is 33.4 Å². The molecule has 28 heavy (non-hydrogen) atoms. The lowest BCUT2D eigenvalue weighted by molar-refractivity contribution is -0.142. The number of nitrogens with zero attached hydrogens (tertiary/aromatic N) is 1. The van der Waals surface area contributed by atoms with Gasteiger partial charge < -0.3 is 19.7 Å². The number of carbonyl (C=O) groups excluding carboxylic acids is 2. The predicted molar refractivity (Wildman–Crippen MR) is 108 cm³/mol. The van der Waals surface area contributed by atoms with E-state index in [4.69, 9.17) is 9.47 Å². The first kappa shape index (κ1) is 21.3. The highest BCUT2D eigenvalue weighted by molar-refractivity contribution is 5.87. The Hall–Kier alpha value is -3.02. The fourth-order valence-corrected chi connectivity index (χ4v) is 2.96. The first-order chi connectivity index (χ1) is 13.3. The van der Waals surface area contributed by atoms with Crippen molar-refractivity contribution in [3.8, 4) is 11.5 Å². The van der Waals surface area contributed by atoms with Crippen LogP contribution in [0.2, 0.25) is 0 Å². The van der Waals surface area contributed by atoms with Crippen LogP contribution in [0.3, 0.4) is 0 Å². The Morgan fingerprint density at radius 1 is 1.04 bits per heavy atom. The maximum absolute atomic E-state index is 12.9. The Labute approximate surface area is 166 Å². The fourth-order valence-electron chi connectivity index (χ4n) is 2.96. The zero-order valence-electron chi connectivity index (χ0n) is 17.1. The molecule has 0 saturated carbocycles. The number of hydrogen-bond acceptors (Lipinski definition) is 4. The molecule has 2 aromatic carbocycles. The zero-order valence-corrected chi connectivity index (χ0v) is 17.1. The molecule has 0 aliphatic carbocycles. The number of hydrogen-bond donors (Lipinski definition) is 1. The van der Waals surface area contributed by atoms with Crippen molar-refractivity contribution in [3.05, 3.63) is 59.2 Å². The van der Waals surface area contributed by atoms with Crippen LogP contribution in [0.4, 0.5) is 0 Å². The van der Waals surface area contributed by atoms with Gasteiger partial charge in [-0.15, -0.1) is 0 Å². The molecule has 0 aliphatic heterocycles. The van der Waals surface area contributed by atoms with Crippen LogP contribution in [-0.2, 0) is 16.1 Å². The maximum atomic E-state index is 12.9. The quantitative estimate of drug-likeness (QED) is 0.760. The van der Waals surface area contributed by atoms with Crippen molar-refractivity contribution >= 4 is 11.8 Å². The molecule has 2 rings (SSSR count). The van der Waals surface area contributed by atoms with Gasteiger partial charge in [-0.05, 0) is 61.7 Å². The fraction of sp³-hybridized carbons (Fsp3) is 0.364. The number of likely N-dealkylation sites (N-methyl/N-ethyl adjacent to an activating group) is 1. The second-order valence-electron chi connectivity index (χ2n) is 6.77. The van der Waals surface area contributed by atoms with Gasteiger partial charge in [-0.1, -0.05) is 18.2 Å². The van der Waals surface area contributed by atoms with Crippen molar-refractivity contribution in [3.63, 3.8) is 0 Å². The molecule has 0 aromatic heterocycles. The van der Waals surface area contributed by atoms with E-state index in [1.165, 1.54) is 4.90 Å². The maximum Gasteiger partial charge on any atom is 0.261 e. The van der Waals surface area contributed by atoms with E-state index in [1.807, 2.05) is 56.3 Å². The summed E-state index contributed by atoms with van der Waals surface area (Å²) >= 11 is 0. The molecule has 150 valence electrons. The van der Waals surface area contributed by atoms with Crippen molar-refractivity contribution in [2.24, 2.45) is 0 Å². The van der Waals surface area contributed by atoms with Crippen LogP contribution in [0.25, 0.3) is 0 Å². The Kier molecular flexibility index (Phi) is 7.44. The summed E-state index contributed by atoms with van der Waals surface area (Å²) in [6.07, 6.45) is 0. The number of aryl methyl sites for hydroxylation is 2. The first-order valence-electron chi connectivity index (χ1n) is 9.19. The van der Waals surface area contributed by atoms with E-state index < -0.39 is 6.04 Å². The average molecular weight is 384 g/mol. The number of ether oxygens (including phenoxy) is 2. The molecule has 0 aliphatic rings. The molecule has 0 radical (unpaired) electrons. The molecule has 0 saturated heterocycles. The lowest BCUT2D eigenvalue weighted by Crippen LogP contribution is -2.48. The van der Waals surface area contributed by atoms with Gasteiger partial charge in [0.2, 0.25) is 5.91 Å². The predicted octanol–water partition coefficient (Wildman–Crippen LogP) is 2.85. The average Bonchev–Trinajstić information content (AvgIpc) is 2.68.